The summed E-state index contributed by atoms with van der Waals surface area (Å²) >= 11 is 0. The number of nitrogens with one attached hydrogen (secondary N) is 2. The van der Waals surface area contributed by atoms with E-state index >= 15 is 0 Å². The minimum absolute atomic E-state index is 0.0474. The van der Waals surface area contributed by atoms with Crippen molar-refractivity contribution in [2.45, 2.75) is 32.5 Å². The molecule has 5 heteroatoms. The molecule has 0 saturated carbocycles. The molecule has 2 rings (SSSR count). The van der Waals surface area contributed by atoms with Gasteiger partial charge in [-0.25, -0.2) is 0 Å². The number of methoxy groups -OCH3 is 1. The van der Waals surface area contributed by atoms with Gasteiger partial charge in [0.05, 0.1) is 13.7 Å². The highest BCUT2D eigenvalue weighted by atomic mass is 16.5. The quantitative estimate of drug-likeness (QED) is 0.768. The van der Waals surface area contributed by atoms with E-state index in [0.717, 1.165) is 37.4 Å². The van der Waals surface area contributed by atoms with Gasteiger partial charge in [-0.2, -0.15) is 0 Å². The molecule has 22 heavy (non-hydrogen) atoms. The summed E-state index contributed by atoms with van der Waals surface area (Å²) in [4.78, 5) is 12.0. The van der Waals surface area contributed by atoms with Crippen LogP contribution in [0.1, 0.15) is 25.3 Å². The number of hydrogen-bond donors (Lipinski definition) is 2. The van der Waals surface area contributed by atoms with Gasteiger partial charge in [0.2, 0.25) is 5.91 Å². The van der Waals surface area contributed by atoms with Crippen molar-refractivity contribution in [2.75, 3.05) is 26.7 Å². The van der Waals surface area contributed by atoms with Crippen LogP contribution in [-0.4, -0.2) is 38.8 Å². The summed E-state index contributed by atoms with van der Waals surface area (Å²) in [6.07, 6.45) is 1.78. The van der Waals surface area contributed by atoms with Gasteiger partial charge in [0.1, 0.15) is 11.9 Å². The van der Waals surface area contributed by atoms with Gasteiger partial charge in [0, 0.05) is 6.54 Å². The summed E-state index contributed by atoms with van der Waals surface area (Å²) in [6, 6.07) is 7.67. The zero-order chi connectivity index (χ0) is 15.8. The van der Waals surface area contributed by atoms with Crippen molar-refractivity contribution >= 4 is 5.91 Å². The smallest absolute Gasteiger partial charge is 0.248 e. The van der Waals surface area contributed by atoms with Gasteiger partial charge < -0.3 is 20.1 Å². The van der Waals surface area contributed by atoms with Crippen molar-refractivity contribution in [1.29, 1.82) is 0 Å². The molecule has 0 aliphatic carbocycles. The fraction of sp³-hybridized carbons (Fsp3) is 0.588. The first-order valence-electron chi connectivity index (χ1n) is 7.92. The molecule has 1 heterocycles. The van der Waals surface area contributed by atoms with E-state index in [9.17, 15) is 4.79 Å². The number of carbonyl (C=O) groups excluding carboxylic acids is 1. The van der Waals surface area contributed by atoms with Crippen molar-refractivity contribution in [2.24, 2.45) is 5.92 Å². The first kappa shape index (κ1) is 16.8. The highest BCUT2D eigenvalue weighted by Crippen LogP contribution is 2.14. The largest absolute Gasteiger partial charge is 0.497 e. The molecule has 1 aromatic carbocycles. The van der Waals surface area contributed by atoms with Gasteiger partial charge in [-0.3, -0.25) is 4.79 Å². The first-order chi connectivity index (χ1) is 10.7. The molecule has 2 unspecified atom stereocenters. The molecule has 1 aromatic rings. The van der Waals surface area contributed by atoms with E-state index in [-0.39, 0.29) is 5.91 Å². The summed E-state index contributed by atoms with van der Waals surface area (Å²) in [5.41, 5.74) is 0.996. The monoisotopic (exact) mass is 306 g/mol. The topological polar surface area (TPSA) is 59.6 Å². The molecular formula is C17H26N2O3. The lowest BCUT2D eigenvalue weighted by atomic mass is 10.1. The SMILES string of the molecule is COc1cccc(COC(C)C(=O)NCCC2CCNC2)c1. The molecule has 2 N–H and O–H groups in total. The molecule has 122 valence electrons. The Kier molecular flexibility index (Phi) is 6.68. The summed E-state index contributed by atoms with van der Waals surface area (Å²) in [6.45, 7) is 5.07. The van der Waals surface area contributed by atoms with Crippen LogP contribution >= 0.6 is 0 Å². The zero-order valence-corrected chi connectivity index (χ0v) is 13.4. The van der Waals surface area contributed by atoms with E-state index in [0.29, 0.717) is 12.5 Å². The van der Waals surface area contributed by atoms with Crippen molar-refractivity contribution in [3.8, 4) is 5.75 Å². The van der Waals surface area contributed by atoms with Gasteiger partial charge >= 0.3 is 0 Å². The first-order valence-corrected chi connectivity index (χ1v) is 7.92. The summed E-state index contributed by atoms with van der Waals surface area (Å²) in [5, 5.41) is 6.29. The van der Waals surface area contributed by atoms with Gasteiger partial charge in [0.15, 0.2) is 0 Å². The second kappa shape index (κ2) is 8.76. The summed E-state index contributed by atoms with van der Waals surface area (Å²) in [7, 11) is 1.63. The van der Waals surface area contributed by atoms with Crippen molar-refractivity contribution in [3.63, 3.8) is 0 Å². The molecule has 0 bridgehead atoms. The maximum atomic E-state index is 12.0. The lowest BCUT2D eigenvalue weighted by molar-refractivity contribution is -0.132. The predicted molar refractivity (Wildman–Crippen MR) is 85.8 cm³/mol. The number of hydrogen-bond acceptors (Lipinski definition) is 4. The van der Waals surface area contributed by atoms with Crippen LogP contribution in [0, 0.1) is 5.92 Å². The summed E-state index contributed by atoms with van der Waals surface area (Å²) < 4.78 is 10.8. The van der Waals surface area contributed by atoms with Gasteiger partial charge in [-0.15, -0.1) is 0 Å². The van der Waals surface area contributed by atoms with Crippen molar-refractivity contribution in [3.05, 3.63) is 29.8 Å². The average Bonchev–Trinajstić information content (AvgIpc) is 3.06. The minimum atomic E-state index is -0.451. The van der Waals surface area contributed by atoms with Crippen LogP contribution in [0.15, 0.2) is 24.3 Å². The minimum Gasteiger partial charge on any atom is -0.497 e. The van der Waals surface area contributed by atoms with Crippen LogP contribution in [0.25, 0.3) is 0 Å². The number of amides is 1. The van der Waals surface area contributed by atoms with E-state index in [4.69, 9.17) is 9.47 Å². The van der Waals surface area contributed by atoms with Crippen LogP contribution in [0.4, 0.5) is 0 Å². The molecule has 0 radical (unpaired) electrons. The van der Waals surface area contributed by atoms with E-state index in [1.807, 2.05) is 24.3 Å². The van der Waals surface area contributed by atoms with Gasteiger partial charge in [-0.05, 0) is 56.5 Å². The third kappa shape index (κ3) is 5.31. The van der Waals surface area contributed by atoms with E-state index in [2.05, 4.69) is 10.6 Å². The lowest BCUT2D eigenvalue weighted by Crippen LogP contribution is -2.35. The molecule has 1 fully saturated rings. The Bertz CT molecular complexity index is 473. The van der Waals surface area contributed by atoms with E-state index in [1.165, 1.54) is 6.42 Å². The maximum absolute atomic E-state index is 12.0. The number of rotatable bonds is 8. The zero-order valence-electron chi connectivity index (χ0n) is 13.4. The number of carbonyl (C=O) groups is 1. The van der Waals surface area contributed by atoms with Crippen LogP contribution in [0.5, 0.6) is 5.75 Å². The second-order valence-electron chi connectivity index (χ2n) is 5.74. The number of benzene rings is 1. The third-order valence-electron chi connectivity index (χ3n) is 4.02. The Balaban J connectivity index is 1.66. The van der Waals surface area contributed by atoms with Crippen LogP contribution in [0.3, 0.4) is 0 Å². The number of ether oxygens (including phenoxy) is 2. The second-order valence-corrected chi connectivity index (χ2v) is 5.74. The Morgan fingerprint density at radius 3 is 3.09 bits per heavy atom. The molecule has 1 saturated heterocycles. The van der Waals surface area contributed by atoms with Crippen LogP contribution in [-0.2, 0) is 16.1 Å². The summed E-state index contributed by atoms with van der Waals surface area (Å²) in [5.74, 6) is 1.44. The molecular weight excluding hydrogens is 280 g/mol. The molecule has 1 aliphatic heterocycles. The van der Waals surface area contributed by atoms with E-state index in [1.54, 1.807) is 14.0 Å². The standard InChI is InChI=1S/C17H26N2O3/c1-13(17(20)19-9-7-14-6-8-18-11-14)22-12-15-4-3-5-16(10-15)21-2/h3-5,10,13-14,18H,6-9,11-12H2,1-2H3,(H,19,20). The Labute approximate surface area is 132 Å². The average molecular weight is 306 g/mol. The van der Waals surface area contributed by atoms with Crippen LogP contribution < -0.4 is 15.4 Å². The molecule has 5 nitrogen and oxygen atoms in total. The van der Waals surface area contributed by atoms with Gasteiger partial charge in [0.25, 0.3) is 0 Å². The molecule has 2 atom stereocenters. The highest BCUT2D eigenvalue weighted by Gasteiger charge is 2.16. The third-order valence-corrected chi connectivity index (χ3v) is 4.02. The Morgan fingerprint density at radius 2 is 2.36 bits per heavy atom. The molecule has 0 aromatic heterocycles. The lowest BCUT2D eigenvalue weighted by Gasteiger charge is -2.15. The normalized spacial score (nSPS) is 18.9. The fourth-order valence-corrected chi connectivity index (χ4v) is 2.56. The van der Waals surface area contributed by atoms with Crippen molar-refractivity contribution in [1.82, 2.24) is 10.6 Å². The van der Waals surface area contributed by atoms with Gasteiger partial charge in [-0.1, -0.05) is 12.1 Å². The maximum Gasteiger partial charge on any atom is 0.248 e. The molecule has 1 amide bonds. The Hall–Kier alpha value is -1.59. The Morgan fingerprint density at radius 1 is 1.50 bits per heavy atom. The predicted octanol–water partition coefficient (Wildman–Crippen LogP) is 1.72. The molecule has 1 aliphatic rings. The van der Waals surface area contributed by atoms with Crippen LogP contribution in [0.2, 0.25) is 0 Å². The highest BCUT2D eigenvalue weighted by molar-refractivity contribution is 5.80. The fourth-order valence-electron chi connectivity index (χ4n) is 2.56. The van der Waals surface area contributed by atoms with E-state index < -0.39 is 6.10 Å². The molecule has 0 spiro atoms. The van der Waals surface area contributed by atoms with Crippen molar-refractivity contribution < 1.29 is 14.3 Å².